The molecule has 0 saturated carbocycles. The molecular formula is C13H9ClFN3O3. The molecule has 2 aromatic rings. The molecule has 0 aliphatic carbocycles. The van der Waals surface area contributed by atoms with Gasteiger partial charge in [-0.05, 0) is 30.7 Å². The quantitative estimate of drug-likeness (QED) is 0.535. The molecule has 1 aromatic heterocycles. The summed E-state index contributed by atoms with van der Waals surface area (Å²) in [4.78, 5) is 25.6. The third-order valence-corrected chi connectivity index (χ3v) is 2.93. The van der Waals surface area contributed by atoms with Crippen LogP contribution in [0.3, 0.4) is 0 Å². The van der Waals surface area contributed by atoms with E-state index in [1.54, 1.807) is 13.0 Å². The maximum absolute atomic E-state index is 13.2. The first-order valence-electron chi connectivity index (χ1n) is 5.76. The minimum atomic E-state index is -1.01. The molecule has 0 atom stereocenters. The lowest BCUT2D eigenvalue weighted by molar-refractivity contribution is -0.387. The number of benzene rings is 1. The van der Waals surface area contributed by atoms with Gasteiger partial charge in [0.25, 0.3) is 5.91 Å². The van der Waals surface area contributed by atoms with Crippen molar-refractivity contribution in [2.24, 2.45) is 0 Å². The molecule has 6 nitrogen and oxygen atoms in total. The normalized spacial score (nSPS) is 10.2. The van der Waals surface area contributed by atoms with Gasteiger partial charge in [-0.25, -0.2) is 4.98 Å². The third kappa shape index (κ3) is 3.32. The first-order chi connectivity index (χ1) is 9.88. The Hall–Kier alpha value is -2.54. The van der Waals surface area contributed by atoms with Gasteiger partial charge in [0.2, 0.25) is 5.82 Å². The third-order valence-electron chi connectivity index (χ3n) is 2.63. The molecule has 21 heavy (non-hydrogen) atoms. The van der Waals surface area contributed by atoms with Crippen LogP contribution in [0.1, 0.15) is 15.9 Å². The summed E-state index contributed by atoms with van der Waals surface area (Å²) in [6.45, 7) is 1.77. The van der Waals surface area contributed by atoms with E-state index in [0.29, 0.717) is 0 Å². The summed E-state index contributed by atoms with van der Waals surface area (Å²) >= 11 is 5.84. The van der Waals surface area contributed by atoms with Gasteiger partial charge in [-0.1, -0.05) is 11.6 Å². The molecule has 0 aliphatic heterocycles. The van der Waals surface area contributed by atoms with Gasteiger partial charge in [-0.3, -0.25) is 14.9 Å². The lowest BCUT2D eigenvalue weighted by Crippen LogP contribution is -2.13. The number of amides is 1. The Bertz CT molecular complexity index is 737. The van der Waals surface area contributed by atoms with Gasteiger partial charge in [0.15, 0.2) is 5.15 Å². The number of carbonyl (C=O) groups is 1. The standard InChI is InChI=1S/C13H9ClFN3O3/c1-7-4-10(12(14)16-6-7)17-13(19)8-2-3-9(15)11(5-8)18(20)21/h2-6H,1H3,(H,17,19). The van der Waals surface area contributed by atoms with E-state index >= 15 is 0 Å². The van der Waals surface area contributed by atoms with Crippen molar-refractivity contribution < 1.29 is 14.1 Å². The smallest absolute Gasteiger partial charge is 0.305 e. The number of nitrogens with zero attached hydrogens (tertiary/aromatic N) is 2. The highest BCUT2D eigenvalue weighted by molar-refractivity contribution is 6.32. The predicted molar refractivity (Wildman–Crippen MR) is 75.0 cm³/mol. The van der Waals surface area contributed by atoms with Crippen molar-refractivity contribution in [3.63, 3.8) is 0 Å². The van der Waals surface area contributed by atoms with Crippen LogP contribution < -0.4 is 5.32 Å². The molecule has 1 aromatic carbocycles. The summed E-state index contributed by atoms with van der Waals surface area (Å²) in [5.41, 5.74) is 0.227. The highest BCUT2D eigenvalue weighted by Gasteiger charge is 2.18. The molecule has 0 bridgehead atoms. The van der Waals surface area contributed by atoms with Crippen molar-refractivity contribution in [3.8, 4) is 0 Å². The van der Waals surface area contributed by atoms with Gasteiger partial charge in [-0.15, -0.1) is 0 Å². The minimum absolute atomic E-state index is 0.0549. The Balaban J connectivity index is 2.30. The van der Waals surface area contributed by atoms with Crippen LogP contribution in [-0.2, 0) is 0 Å². The van der Waals surface area contributed by atoms with Gasteiger partial charge in [0.1, 0.15) is 0 Å². The number of nitro groups is 1. The van der Waals surface area contributed by atoms with E-state index < -0.39 is 22.3 Å². The SMILES string of the molecule is Cc1cnc(Cl)c(NC(=O)c2ccc(F)c([N+](=O)[O-])c2)c1. The zero-order chi connectivity index (χ0) is 15.6. The zero-order valence-electron chi connectivity index (χ0n) is 10.8. The lowest BCUT2D eigenvalue weighted by Gasteiger charge is -2.07. The number of aromatic nitrogens is 1. The lowest BCUT2D eigenvalue weighted by atomic mass is 10.1. The van der Waals surface area contributed by atoms with Crippen LogP contribution in [0.15, 0.2) is 30.5 Å². The summed E-state index contributed by atoms with van der Waals surface area (Å²) in [7, 11) is 0. The summed E-state index contributed by atoms with van der Waals surface area (Å²) < 4.78 is 13.2. The number of aryl methyl sites for hydroxylation is 1. The summed E-state index contributed by atoms with van der Waals surface area (Å²) in [6, 6.07) is 4.48. The fourth-order valence-corrected chi connectivity index (χ4v) is 1.78. The molecule has 0 fully saturated rings. The molecule has 108 valence electrons. The van der Waals surface area contributed by atoms with Crippen molar-refractivity contribution in [1.29, 1.82) is 0 Å². The van der Waals surface area contributed by atoms with E-state index in [2.05, 4.69) is 10.3 Å². The van der Waals surface area contributed by atoms with Crippen LogP contribution in [0.2, 0.25) is 5.15 Å². The second kappa shape index (κ2) is 5.84. The number of anilines is 1. The fraction of sp³-hybridized carbons (Fsp3) is 0.0769. The average Bonchev–Trinajstić information content (AvgIpc) is 2.43. The molecule has 0 radical (unpaired) electrons. The van der Waals surface area contributed by atoms with Crippen molar-refractivity contribution in [2.45, 2.75) is 6.92 Å². The Morgan fingerprint density at radius 1 is 1.43 bits per heavy atom. The molecular weight excluding hydrogens is 301 g/mol. The van der Waals surface area contributed by atoms with Crippen LogP contribution >= 0.6 is 11.6 Å². The summed E-state index contributed by atoms with van der Waals surface area (Å²) in [5.74, 6) is -1.65. The van der Waals surface area contributed by atoms with E-state index in [-0.39, 0.29) is 16.4 Å². The fourth-order valence-electron chi connectivity index (χ4n) is 1.63. The number of nitrogens with one attached hydrogen (secondary N) is 1. The maximum atomic E-state index is 13.2. The number of carbonyl (C=O) groups excluding carboxylic acids is 1. The second-order valence-electron chi connectivity index (χ2n) is 4.23. The first-order valence-corrected chi connectivity index (χ1v) is 6.13. The van der Waals surface area contributed by atoms with E-state index in [1.807, 2.05) is 0 Å². The summed E-state index contributed by atoms with van der Waals surface area (Å²) in [5, 5.41) is 13.2. The zero-order valence-corrected chi connectivity index (χ0v) is 11.5. The molecule has 2 rings (SSSR count). The molecule has 1 heterocycles. The molecule has 0 aliphatic rings. The Kier molecular flexibility index (Phi) is 4.13. The average molecular weight is 310 g/mol. The molecule has 0 spiro atoms. The molecule has 1 amide bonds. The van der Waals surface area contributed by atoms with Crippen molar-refractivity contribution in [3.05, 3.63) is 62.7 Å². The van der Waals surface area contributed by atoms with Crippen molar-refractivity contribution >= 4 is 28.9 Å². The van der Waals surface area contributed by atoms with E-state index in [9.17, 15) is 19.3 Å². The van der Waals surface area contributed by atoms with Gasteiger partial charge in [-0.2, -0.15) is 4.39 Å². The number of halogens is 2. The van der Waals surface area contributed by atoms with Crippen LogP contribution in [-0.4, -0.2) is 15.8 Å². The molecule has 0 unspecified atom stereocenters. The van der Waals surface area contributed by atoms with Crippen LogP contribution in [0.25, 0.3) is 0 Å². The number of hydrogen-bond donors (Lipinski definition) is 1. The molecule has 8 heteroatoms. The largest absolute Gasteiger partial charge is 0.319 e. The van der Waals surface area contributed by atoms with E-state index in [0.717, 1.165) is 23.8 Å². The molecule has 1 N–H and O–H groups in total. The Morgan fingerprint density at radius 2 is 2.14 bits per heavy atom. The minimum Gasteiger partial charge on any atom is -0.319 e. The monoisotopic (exact) mass is 309 g/mol. The Morgan fingerprint density at radius 3 is 2.81 bits per heavy atom. The van der Waals surface area contributed by atoms with Crippen LogP contribution in [0.5, 0.6) is 0 Å². The van der Waals surface area contributed by atoms with Gasteiger partial charge in [0, 0.05) is 17.8 Å². The number of hydrogen-bond acceptors (Lipinski definition) is 4. The number of rotatable bonds is 3. The van der Waals surface area contributed by atoms with Gasteiger partial charge >= 0.3 is 5.69 Å². The van der Waals surface area contributed by atoms with Crippen LogP contribution in [0, 0.1) is 22.9 Å². The second-order valence-corrected chi connectivity index (χ2v) is 4.59. The Labute approximate surface area is 123 Å². The highest BCUT2D eigenvalue weighted by Crippen LogP contribution is 2.22. The number of nitro benzene ring substituents is 1. The van der Waals surface area contributed by atoms with Crippen molar-refractivity contribution in [1.82, 2.24) is 4.98 Å². The molecule has 0 saturated heterocycles. The maximum Gasteiger partial charge on any atom is 0.305 e. The van der Waals surface area contributed by atoms with Crippen molar-refractivity contribution in [2.75, 3.05) is 5.32 Å². The van der Waals surface area contributed by atoms with E-state index in [1.165, 1.54) is 6.20 Å². The van der Waals surface area contributed by atoms with Gasteiger partial charge < -0.3 is 5.32 Å². The first kappa shape index (κ1) is 14.9. The van der Waals surface area contributed by atoms with E-state index in [4.69, 9.17) is 11.6 Å². The topological polar surface area (TPSA) is 85.1 Å². The van der Waals surface area contributed by atoms with Gasteiger partial charge in [0.05, 0.1) is 10.6 Å². The number of pyridine rings is 1. The predicted octanol–water partition coefficient (Wildman–Crippen LogP) is 3.34. The van der Waals surface area contributed by atoms with Crippen LogP contribution in [0.4, 0.5) is 15.8 Å². The summed E-state index contributed by atoms with van der Waals surface area (Å²) in [6.07, 6.45) is 1.53. The highest BCUT2D eigenvalue weighted by atomic mass is 35.5.